The highest BCUT2D eigenvalue weighted by atomic mass is 35.5. The molecule has 3 N–H and O–H groups in total. The van der Waals surface area contributed by atoms with E-state index in [4.69, 9.17) is 58.0 Å². The third kappa shape index (κ3) is 6.50. The van der Waals surface area contributed by atoms with Gasteiger partial charge < -0.3 is 10.7 Å². The van der Waals surface area contributed by atoms with Gasteiger partial charge in [-0.15, -0.1) is 23.2 Å². The predicted molar refractivity (Wildman–Crippen MR) is 145 cm³/mol. The van der Waals surface area contributed by atoms with Crippen molar-refractivity contribution in [1.82, 2.24) is 5.43 Å². The molecule has 0 radical (unpaired) electrons. The molecule has 1 fully saturated rings. The number of Topliss-reactive ketones (excluding diaryl/α,β-unsaturated/α-hetero) is 1. The second kappa shape index (κ2) is 11.1. The van der Waals surface area contributed by atoms with Gasteiger partial charge in [0.05, 0.1) is 23.0 Å². The Morgan fingerprint density at radius 2 is 1.47 bits per heavy atom. The Labute approximate surface area is 240 Å². The fourth-order valence-electron chi connectivity index (χ4n) is 3.92. The average molecular weight is 626 g/mol. The number of hydrogen-bond acceptors (Lipinski definition) is 4. The smallest absolute Gasteiger partial charge is 0.326 e. The van der Waals surface area contributed by atoms with Crippen LogP contribution < -0.4 is 16.2 Å². The van der Waals surface area contributed by atoms with E-state index in [9.17, 15) is 22.8 Å². The third-order valence-electron chi connectivity index (χ3n) is 5.81. The molecular weight excluding hydrogens is 609 g/mol. The van der Waals surface area contributed by atoms with E-state index >= 15 is 0 Å². The largest absolute Gasteiger partial charge is 0.416 e. The second-order valence-electron chi connectivity index (χ2n) is 8.49. The Morgan fingerprint density at radius 3 is 2.08 bits per heavy atom. The SMILES string of the molecule is O=C(CNNc1ccc(C(F)(F)F)cc1)c1cc(NC(=O)C2C(c3cc(Cl)cc(Cl)c3)C2(Cl)Cl)ccc1Cl. The van der Waals surface area contributed by atoms with E-state index in [0.29, 0.717) is 21.3 Å². The summed E-state index contributed by atoms with van der Waals surface area (Å²) in [5.41, 5.74) is 5.84. The van der Waals surface area contributed by atoms with E-state index < -0.39 is 39.6 Å². The normalized spacial score (nSPS) is 18.1. The molecule has 0 saturated heterocycles. The number of rotatable bonds is 8. The number of nitrogens with one attached hydrogen (secondary N) is 3. The van der Waals surface area contributed by atoms with Crippen molar-refractivity contribution in [2.45, 2.75) is 16.4 Å². The van der Waals surface area contributed by atoms with Crippen LogP contribution in [0.1, 0.15) is 27.4 Å². The number of amides is 1. The molecule has 5 nitrogen and oxygen atoms in total. The van der Waals surface area contributed by atoms with E-state index in [2.05, 4.69) is 16.2 Å². The topological polar surface area (TPSA) is 70.2 Å². The molecule has 0 aliphatic heterocycles. The van der Waals surface area contributed by atoms with Crippen LogP contribution >= 0.6 is 58.0 Å². The van der Waals surface area contributed by atoms with Gasteiger partial charge in [-0.3, -0.25) is 9.59 Å². The van der Waals surface area contributed by atoms with E-state index in [1.807, 2.05) is 0 Å². The van der Waals surface area contributed by atoms with Crippen molar-refractivity contribution in [3.05, 3.63) is 92.4 Å². The lowest BCUT2D eigenvalue weighted by atomic mass is 10.1. The maximum atomic E-state index is 13.0. The highest BCUT2D eigenvalue weighted by Gasteiger charge is 2.67. The molecule has 3 aromatic carbocycles. The number of ketones is 1. The number of hydrazine groups is 1. The lowest BCUT2D eigenvalue weighted by molar-refractivity contribution is -0.137. The molecule has 2 atom stereocenters. The van der Waals surface area contributed by atoms with Gasteiger partial charge in [-0.25, -0.2) is 5.43 Å². The quantitative estimate of drug-likeness (QED) is 0.135. The summed E-state index contributed by atoms with van der Waals surface area (Å²) in [6.45, 7) is -0.245. The number of benzene rings is 3. The minimum atomic E-state index is -4.45. The first-order valence-corrected chi connectivity index (χ1v) is 12.8. The maximum absolute atomic E-state index is 13.0. The highest BCUT2D eigenvalue weighted by Crippen LogP contribution is 2.65. The van der Waals surface area contributed by atoms with Crippen LogP contribution in [0, 0.1) is 5.92 Å². The van der Waals surface area contributed by atoms with Crippen LogP contribution in [-0.4, -0.2) is 22.6 Å². The summed E-state index contributed by atoms with van der Waals surface area (Å²) in [5, 5.41) is 3.60. The molecule has 38 heavy (non-hydrogen) atoms. The summed E-state index contributed by atoms with van der Waals surface area (Å²) in [4.78, 5) is 25.7. The predicted octanol–water partition coefficient (Wildman–Crippen LogP) is 7.99. The number of carbonyl (C=O) groups excluding carboxylic acids is 2. The van der Waals surface area contributed by atoms with Crippen molar-refractivity contribution < 1.29 is 22.8 Å². The van der Waals surface area contributed by atoms with Gasteiger partial charge in [0.1, 0.15) is 4.33 Å². The molecule has 0 aromatic heterocycles. The van der Waals surface area contributed by atoms with Crippen LogP contribution in [0.15, 0.2) is 60.7 Å². The molecule has 0 bridgehead atoms. The zero-order valence-corrected chi connectivity index (χ0v) is 22.8. The summed E-state index contributed by atoms with van der Waals surface area (Å²) < 4.78 is 36.7. The van der Waals surface area contributed by atoms with Gasteiger partial charge in [-0.1, -0.05) is 34.8 Å². The standard InChI is InChI=1S/C25H17Cl5F3N3O2/c26-14-7-12(8-15(27)9-14)21-22(24(21,29)30)23(38)35-17-5-6-19(28)18(10-17)20(37)11-34-36-16-3-1-13(2-4-16)25(31,32)33/h1-10,21-22,34,36H,11H2,(H,35,38). The summed E-state index contributed by atoms with van der Waals surface area (Å²) in [6, 6.07) is 13.5. The van der Waals surface area contributed by atoms with Crippen LogP contribution in [0.5, 0.6) is 0 Å². The first-order chi connectivity index (χ1) is 17.8. The van der Waals surface area contributed by atoms with Crippen molar-refractivity contribution in [2.75, 3.05) is 17.3 Å². The zero-order valence-electron chi connectivity index (χ0n) is 19.0. The number of carbonyl (C=O) groups is 2. The number of alkyl halides is 5. The van der Waals surface area contributed by atoms with E-state index in [1.165, 1.54) is 30.3 Å². The Hall–Kier alpha value is -2.20. The minimum Gasteiger partial charge on any atom is -0.326 e. The van der Waals surface area contributed by atoms with Crippen molar-refractivity contribution in [3.8, 4) is 0 Å². The van der Waals surface area contributed by atoms with Crippen LogP contribution in [0.25, 0.3) is 0 Å². The molecule has 200 valence electrons. The molecule has 1 saturated carbocycles. The van der Waals surface area contributed by atoms with Gasteiger partial charge in [0.15, 0.2) is 5.78 Å². The number of halogens is 8. The monoisotopic (exact) mass is 623 g/mol. The van der Waals surface area contributed by atoms with Crippen molar-refractivity contribution in [2.24, 2.45) is 5.92 Å². The van der Waals surface area contributed by atoms with Crippen molar-refractivity contribution >= 4 is 81.1 Å². The third-order valence-corrected chi connectivity index (χ3v) is 7.51. The zero-order chi connectivity index (χ0) is 27.8. The molecule has 0 heterocycles. The van der Waals surface area contributed by atoms with Gasteiger partial charge in [0.25, 0.3) is 0 Å². The molecule has 3 aromatic rings. The minimum absolute atomic E-state index is 0.114. The van der Waals surface area contributed by atoms with Crippen LogP contribution in [0.3, 0.4) is 0 Å². The molecule has 1 aliphatic rings. The molecule has 1 aliphatic carbocycles. The molecule has 2 unspecified atom stereocenters. The lowest BCUT2D eigenvalue weighted by Crippen LogP contribution is -2.28. The number of anilines is 2. The highest BCUT2D eigenvalue weighted by molar-refractivity contribution is 6.53. The van der Waals surface area contributed by atoms with Crippen LogP contribution in [-0.2, 0) is 11.0 Å². The Balaban J connectivity index is 1.38. The van der Waals surface area contributed by atoms with Gasteiger partial charge in [-0.05, 0) is 66.2 Å². The van der Waals surface area contributed by atoms with Crippen molar-refractivity contribution in [1.29, 1.82) is 0 Å². The van der Waals surface area contributed by atoms with Gasteiger partial charge in [0.2, 0.25) is 5.91 Å². The average Bonchev–Trinajstić information content (AvgIpc) is 3.41. The summed E-state index contributed by atoms with van der Waals surface area (Å²) in [6.07, 6.45) is -4.45. The summed E-state index contributed by atoms with van der Waals surface area (Å²) in [7, 11) is 0. The first-order valence-electron chi connectivity index (χ1n) is 10.9. The molecule has 1 amide bonds. The van der Waals surface area contributed by atoms with Gasteiger partial charge >= 0.3 is 6.18 Å². The Kier molecular flexibility index (Phi) is 8.43. The van der Waals surface area contributed by atoms with E-state index in [1.54, 1.807) is 18.2 Å². The maximum Gasteiger partial charge on any atom is 0.416 e. The fourth-order valence-corrected chi connectivity index (χ4v) is 5.52. The summed E-state index contributed by atoms with van der Waals surface area (Å²) in [5.74, 6) is -2.26. The van der Waals surface area contributed by atoms with Crippen molar-refractivity contribution in [3.63, 3.8) is 0 Å². The van der Waals surface area contributed by atoms with Gasteiger partial charge in [-0.2, -0.15) is 13.2 Å². The van der Waals surface area contributed by atoms with Crippen LogP contribution in [0.2, 0.25) is 15.1 Å². The van der Waals surface area contributed by atoms with Gasteiger partial charge in [0, 0.05) is 32.9 Å². The molecule has 13 heteroatoms. The molecule has 0 spiro atoms. The fraction of sp³-hybridized carbons (Fsp3) is 0.200. The van der Waals surface area contributed by atoms with E-state index in [-0.39, 0.29) is 22.8 Å². The second-order valence-corrected chi connectivity index (χ2v) is 11.2. The Bertz CT molecular complexity index is 1360. The first kappa shape index (κ1) is 28.8. The van der Waals surface area contributed by atoms with Crippen LogP contribution in [0.4, 0.5) is 24.5 Å². The Morgan fingerprint density at radius 1 is 0.868 bits per heavy atom. The summed E-state index contributed by atoms with van der Waals surface area (Å²) >= 11 is 31.1. The number of hydrogen-bond donors (Lipinski definition) is 3. The molecular formula is C25H17Cl5F3N3O2. The molecule has 4 rings (SSSR count). The van der Waals surface area contributed by atoms with E-state index in [0.717, 1.165) is 12.1 Å². The lowest BCUT2D eigenvalue weighted by Gasteiger charge is -2.12.